The third-order valence-electron chi connectivity index (χ3n) is 2.03. The standard InChI is InChI=1S/C11H12F2N2O2/c12-9-7(11(16)17)3-4-8(10(9)13)15-6-2-1-5-14/h1-4,15H,5-6,14H2,(H,16,17)/b2-1+. The molecule has 0 aliphatic heterocycles. The number of carboxylic acid groups (broad SMARTS) is 1. The van der Waals surface area contributed by atoms with Crippen LogP contribution in [0.3, 0.4) is 0 Å². The van der Waals surface area contributed by atoms with Gasteiger partial charge in [0.1, 0.15) is 0 Å². The van der Waals surface area contributed by atoms with Crippen molar-refractivity contribution in [1.29, 1.82) is 0 Å². The van der Waals surface area contributed by atoms with Crippen LogP contribution in [0.5, 0.6) is 0 Å². The first kappa shape index (κ1) is 13.1. The van der Waals surface area contributed by atoms with Crippen molar-refractivity contribution in [3.8, 4) is 0 Å². The van der Waals surface area contributed by atoms with Crippen molar-refractivity contribution in [2.24, 2.45) is 5.73 Å². The molecule has 1 rings (SSSR count). The Morgan fingerprint density at radius 1 is 1.35 bits per heavy atom. The highest BCUT2D eigenvalue weighted by molar-refractivity contribution is 5.88. The van der Waals surface area contributed by atoms with Crippen molar-refractivity contribution >= 4 is 11.7 Å². The summed E-state index contributed by atoms with van der Waals surface area (Å²) < 4.78 is 26.6. The fourth-order valence-electron chi connectivity index (χ4n) is 1.20. The molecule has 0 saturated heterocycles. The van der Waals surface area contributed by atoms with Crippen LogP contribution in [0.1, 0.15) is 10.4 Å². The number of rotatable bonds is 5. The number of nitrogens with two attached hydrogens (primary N) is 1. The highest BCUT2D eigenvalue weighted by atomic mass is 19.2. The minimum Gasteiger partial charge on any atom is -0.478 e. The predicted molar refractivity (Wildman–Crippen MR) is 60.0 cm³/mol. The number of halogens is 2. The molecular formula is C11H12F2N2O2. The molecule has 0 aliphatic rings. The summed E-state index contributed by atoms with van der Waals surface area (Å²) in [7, 11) is 0. The molecule has 0 radical (unpaired) electrons. The Morgan fingerprint density at radius 3 is 2.65 bits per heavy atom. The Kier molecular flexibility index (Phi) is 4.59. The summed E-state index contributed by atoms with van der Waals surface area (Å²) in [5, 5.41) is 11.2. The first-order valence-corrected chi connectivity index (χ1v) is 4.88. The van der Waals surface area contributed by atoms with E-state index in [0.29, 0.717) is 6.54 Å². The van der Waals surface area contributed by atoms with Crippen molar-refractivity contribution in [3.05, 3.63) is 41.5 Å². The molecule has 1 aromatic rings. The molecule has 0 aromatic heterocycles. The van der Waals surface area contributed by atoms with E-state index < -0.39 is 23.2 Å². The van der Waals surface area contributed by atoms with Crippen LogP contribution in [0.25, 0.3) is 0 Å². The molecule has 0 unspecified atom stereocenters. The summed E-state index contributed by atoms with van der Waals surface area (Å²) in [6, 6.07) is 2.19. The van der Waals surface area contributed by atoms with E-state index in [1.807, 2.05) is 0 Å². The number of carbonyl (C=O) groups is 1. The van der Waals surface area contributed by atoms with E-state index in [1.54, 1.807) is 12.2 Å². The third-order valence-corrected chi connectivity index (χ3v) is 2.03. The lowest BCUT2D eigenvalue weighted by molar-refractivity contribution is 0.0690. The minimum atomic E-state index is -1.50. The van der Waals surface area contributed by atoms with Gasteiger partial charge in [-0.25, -0.2) is 13.6 Å². The molecular weight excluding hydrogens is 230 g/mol. The van der Waals surface area contributed by atoms with Crippen molar-refractivity contribution in [3.63, 3.8) is 0 Å². The van der Waals surface area contributed by atoms with Crippen LogP contribution >= 0.6 is 0 Å². The van der Waals surface area contributed by atoms with Gasteiger partial charge in [-0.2, -0.15) is 0 Å². The van der Waals surface area contributed by atoms with Crippen molar-refractivity contribution in [1.82, 2.24) is 0 Å². The van der Waals surface area contributed by atoms with Crippen molar-refractivity contribution < 1.29 is 18.7 Å². The average molecular weight is 242 g/mol. The Hall–Kier alpha value is -1.95. The van der Waals surface area contributed by atoms with Crippen LogP contribution in [0, 0.1) is 11.6 Å². The van der Waals surface area contributed by atoms with Crippen LogP contribution in [-0.4, -0.2) is 24.2 Å². The predicted octanol–water partition coefficient (Wildman–Crippen LogP) is 1.59. The lowest BCUT2D eigenvalue weighted by Gasteiger charge is -2.07. The van der Waals surface area contributed by atoms with Crippen molar-refractivity contribution in [2.45, 2.75) is 0 Å². The highest BCUT2D eigenvalue weighted by Crippen LogP contribution is 2.20. The molecule has 0 amide bonds. The molecule has 4 N–H and O–H groups in total. The number of anilines is 1. The monoisotopic (exact) mass is 242 g/mol. The number of carboxylic acids is 1. The summed E-state index contributed by atoms with van der Waals surface area (Å²) >= 11 is 0. The molecule has 4 nitrogen and oxygen atoms in total. The van der Waals surface area contributed by atoms with E-state index in [-0.39, 0.29) is 12.2 Å². The lowest BCUT2D eigenvalue weighted by atomic mass is 10.2. The summed E-state index contributed by atoms with van der Waals surface area (Å²) in [6.07, 6.45) is 3.31. The number of hydrogen-bond donors (Lipinski definition) is 3. The zero-order valence-corrected chi connectivity index (χ0v) is 8.91. The number of hydrogen-bond acceptors (Lipinski definition) is 3. The topological polar surface area (TPSA) is 75.3 Å². The van der Waals surface area contributed by atoms with Crippen LogP contribution < -0.4 is 11.1 Å². The fourth-order valence-corrected chi connectivity index (χ4v) is 1.20. The molecule has 0 fully saturated rings. The van der Waals surface area contributed by atoms with Gasteiger partial charge in [-0.05, 0) is 12.1 Å². The van der Waals surface area contributed by atoms with Gasteiger partial charge in [-0.15, -0.1) is 0 Å². The van der Waals surface area contributed by atoms with Crippen LogP contribution in [0.15, 0.2) is 24.3 Å². The second-order valence-corrected chi connectivity index (χ2v) is 3.18. The Balaban J connectivity index is 2.85. The van der Waals surface area contributed by atoms with E-state index >= 15 is 0 Å². The van der Waals surface area contributed by atoms with E-state index in [1.165, 1.54) is 6.07 Å². The zero-order chi connectivity index (χ0) is 12.8. The van der Waals surface area contributed by atoms with E-state index in [9.17, 15) is 13.6 Å². The summed E-state index contributed by atoms with van der Waals surface area (Å²) in [5.41, 5.74) is 4.42. The molecule has 0 atom stereocenters. The van der Waals surface area contributed by atoms with Gasteiger partial charge in [-0.3, -0.25) is 0 Å². The van der Waals surface area contributed by atoms with Gasteiger partial charge in [0, 0.05) is 13.1 Å². The second-order valence-electron chi connectivity index (χ2n) is 3.18. The number of nitrogens with one attached hydrogen (secondary N) is 1. The van der Waals surface area contributed by atoms with E-state index in [2.05, 4.69) is 5.32 Å². The fraction of sp³-hybridized carbons (Fsp3) is 0.182. The SMILES string of the molecule is NC/C=C/CNc1ccc(C(=O)O)c(F)c1F. The van der Waals surface area contributed by atoms with Gasteiger partial charge in [0.05, 0.1) is 11.3 Å². The highest BCUT2D eigenvalue weighted by Gasteiger charge is 2.17. The molecule has 17 heavy (non-hydrogen) atoms. The van der Waals surface area contributed by atoms with Gasteiger partial charge < -0.3 is 16.2 Å². The summed E-state index contributed by atoms with van der Waals surface area (Å²) in [4.78, 5) is 10.5. The number of benzene rings is 1. The van der Waals surface area contributed by atoms with Crippen LogP contribution in [0.4, 0.5) is 14.5 Å². The molecule has 0 saturated carbocycles. The Labute approximate surface area is 96.7 Å². The van der Waals surface area contributed by atoms with Gasteiger partial charge in [-0.1, -0.05) is 12.2 Å². The van der Waals surface area contributed by atoms with Crippen LogP contribution in [-0.2, 0) is 0 Å². The van der Waals surface area contributed by atoms with Gasteiger partial charge in [0.25, 0.3) is 0 Å². The first-order valence-electron chi connectivity index (χ1n) is 4.88. The minimum absolute atomic E-state index is 0.0887. The smallest absolute Gasteiger partial charge is 0.338 e. The largest absolute Gasteiger partial charge is 0.478 e. The first-order chi connectivity index (χ1) is 8.07. The molecule has 0 bridgehead atoms. The summed E-state index contributed by atoms with van der Waals surface area (Å²) in [5.74, 6) is -4.08. The Bertz CT molecular complexity index is 447. The summed E-state index contributed by atoms with van der Waals surface area (Å²) in [6.45, 7) is 0.635. The molecule has 0 aliphatic carbocycles. The quantitative estimate of drug-likeness (QED) is 0.685. The second kappa shape index (κ2) is 5.95. The van der Waals surface area contributed by atoms with Crippen molar-refractivity contribution in [2.75, 3.05) is 18.4 Å². The van der Waals surface area contributed by atoms with E-state index in [4.69, 9.17) is 10.8 Å². The normalized spacial score (nSPS) is 10.8. The molecule has 0 spiro atoms. The molecule has 92 valence electrons. The molecule has 1 aromatic carbocycles. The zero-order valence-electron chi connectivity index (χ0n) is 8.91. The van der Waals surface area contributed by atoms with E-state index in [0.717, 1.165) is 6.07 Å². The van der Waals surface area contributed by atoms with Gasteiger partial charge >= 0.3 is 5.97 Å². The maximum Gasteiger partial charge on any atom is 0.338 e. The van der Waals surface area contributed by atoms with Gasteiger partial charge in [0.15, 0.2) is 11.6 Å². The van der Waals surface area contributed by atoms with Gasteiger partial charge in [0.2, 0.25) is 0 Å². The maximum atomic E-state index is 13.4. The lowest BCUT2D eigenvalue weighted by Crippen LogP contribution is -2.07. The third kappa shape index (κ3) is 3.25. The maximum absolute atomic E-state index is 13.4. The average Bonchev–Trinajstić information content (AvgIpc) is 2.29. The molecule has 6 heteroatoms. The van der Waals surface area contributed by atoms with Crippen LogP contribution in [0.2, 0.25) is 0 Å². The molecule has 0 heterocycles. The Morgan fingerprint density at radius 2 is 2.06 bits per heavy atom. The number of aromatic carboxylic acids is 1.